The highest BCUT2D eigenvalue weighted by molar-refractivity contribution is 7.99. The SMILES string of the molecule is CSC1CNCC1N1CCCC(C(F)(F)F)C1. The van der Waals surface area contributed by atoms with Gasteiger partial charge in [-0.05, 0) is 25.6 Å². The lowest BCUT2D eigenvalue weighted by atomic mass is 9.96. The first-order chi connectivity index (χ1) is 8.02. The number of alkyl halides is 3. The zero-order valence-corrected chi connectivity index (χ0v) is 10.8. The fourth-order valence-electron chi connectivity index (χ4n) is 2.82. The zero-order chi connectivity index (χ0) is 12.5. The quantitative estimate of drug-likeness (QED) is 0.824. The molecule has 3 unspecified atom stereocenters. The van der Waals surface area contributed by atoms with Crippen LogP contribution in [0.3, 0.4) is 0 Å². The molecule has 100 valence electrons. The second kappa shape index (κ2) is 5.36. The lowest BCUT2D eigenvalue weighted by molar-refractivity contribution is -0.188. The fraction of sp³-hybridized carbons (Fsp3) is 1.00. The Morgan fingerprint density at radius 3 is 2.71 bits per heavy atom. The molecule has 2 heterocycles. The van der Waals surface area contributed by atoms with Crippen LogP contribution in [0.5, 0.6) is 0 Å². The van der Waals surface area contributed by atoms with E-state index in [9.17, 15) is 13.2 Å². The molecule has 0 aromatic carbocycles. The van der Waals surface area contributed by atoms with Crippen molar-refractivity contribution in [2.45, 2.75) is 30.3 Å². The van der Waals surface area contributed by atoms with Gasteiger partial charge in [0.2, 0.25) is 0 Å². The summed E-state index contributed by atoms with van der Waals surface area (Å²) in [7, 11) is 0. The maximum atomic E-state index is 12.7. The highest BCUT2D eigenvalue weighted by Crippen LogP contribution is 2.35. The largest absolute Gasteiger partial charge is 0.393 e. The number of piperidine rings is 1. The molecule has 0 aromatic heterocycles. The summed E-state index contributed by atoms with van der Waals surface area (Å²) in [4.78, 5) is 2.04. The van der Waals surface area contributed by atoms with Crippen molar-refractivity contribution in [3.8, 4) is 0 Å². The number of nitrogens with one attached hydrogen (secondary N) is 1. The Hall–Kier alpha value is 0.0600. The number of hydrogen-bond acceptors (Lipinski definition) is 3. The number of halogens is 3. The van der Waals surface area contributed by atoms with Gasteiger partial charge in [0.05, 0.1) is 5.92 Å². The van der Waals surface area contributed by atoms with Gasteiger partial charge in [0.15, 0.2) is 0 Å². The molecular formula is C11H19F3N2S. The van der Waals surface area contributed by atoms with E-state index >= 15 is 0 Å². The molecule has 3 atom stereocenters. The van der Waals surface area contributed by atoms with Crippen molar-refractivity contribution in [2.75, 3.05) is 32.4 Å². The van der Waals surface area contributed by atoms with Crippen LogP contribution in [0.25, 0.3) is 0 Å². The number of rotatable bonds is 2. The van der Waals surface area contributed by atoms with Crippen LogP contribution in [0.1, 0.15) is 12.8 Å². The average Bonchev–Trinajstić information content (AvgIpc) is 2.76. The van der Waals surface area contributed by atoms with Crippen molar-refractivity contribution in [3.63, 3.8) is 0 Å². The predicted octanol–water partition coefficient (Wildman–Crippen LogP) is 1.96. The molecule has 0 spiro atoms. The average molecular weight is 268 g/mol. The molecule has 0 radical (unpaired) electrons. The van der Waals surface area contributed by atoms with E-state index in [1.807, 2.05) is 11.2 Å². The molecule has 1 N–H and O–H groups in total. The molecule has 0 bridgehead atoms. The van der Waals surface area contributed by atoms with Crippen LogP contribution in [0.4, 0.5) is 13.2 Å². The summed E-state index contributed by atoms with van der Waals surface area (Å²) in [5, 5.41) is 3.71. The number of thioether (sulfide) groups is 1. The minimum atomic E-state index is -4.03. The van der Waals surface area contributed by atoms with Crippen LogP contribution in [-0.2, 0) is 0 Å². The van der Waals surface area contributed by atoms with Crippen molar-refractivity contribution < 1.29 is 13.2 Å². The van der Waals surface area contributed by atoms with Gasteiger partial charge in [0.25, 0.3) is 0 Å². The standard InChI is InChI=1S/C11H19F3N2S/c1-17-10-6-15-5-9(10)16-4-2-3-8(7-16)11(12,13)14/h8-10,15H,2-7H2,1H3. The van der Waals surface area contributed by atoms with Gasteiger partial charge in [-0.15, -0.1) is 0 Å². The minimum absolute atomic E-state index is 0.187. The molecule has 6 heteroatoms. The molecule has 0 aromatic rings. The van der Waals surface area contributed by atoms with Crippen molar-refractivity contribution in [1.82, 2.24) is 10.2 Å². The van der Waals surface area contributed by atoms with Crippen LogP contribution >= 0.6 is 11.8 Å². The minimum Gasteiger partial charge on any atom is -0.314 e. The van der Waals surface area contributed by atoms with E-state index in [-0.39, 0.29) is 12.6 Å². The third-order valence-corrected chi connectivity index (χ3v) is 4.90. The number of hydrogen-bond donors (Lipinski definition) is 1. The normalized spacial score (nSPS) is 36.4. The van der Waals surface area contributed by atoms with Crippen LogP contribution < -0.4 is 5.32 Å². The monoisotopic (exact) mass is 268 g/mol. The van der Waals surface area contributed by atoms with Crippen LogP contribution in [0.15, 0.2) is 0 Å². The molecule has 2 aliphatic heterocycles. The first-order valence-electron chi connectivity index (χ1n) is 6.06. The van der Waals surface area contributed by atoms with Gasteiger partial charge in [0.1, 0.15) is 0 Å². The van der Waals surface area contributed by atoms with Crippen molar-refractivity contribution in [1.29, 1.82) is 0 Å². The van der Waals surface area contributed by atoms with Gasteiger partial charge < -0.3 is 5.32 Å². The topological polar surface area (TPSA) is 15.3 Å². The summed E-state index contributed by atoms with van der Waals surface area (Å²) >= 11 is 1.76. The van der Waals surface area contributed by atoms with Gasteiger partial charge in [-0.2, -0.15) is 24.9 Å². The molecule has 2 fully saturated rings. The smallest absolute Gasteiger partial charge is 0.314 e. The summed E-state index contributed by atoms with van der Waals surface area (Å²) in [5.74, 6) is -1.13. The summed E-state index contributed by atoms with van der Waals surface area (Å²) < 4.78 is 38.2. The number of likely N-dealkylation sites (tertiary alicyclic amines) is 1. The van der Waals surface area contributed by atoms with Gasteiger partial charge in [-0.25, -0.2) is 0 Å². The Bertz CT molecular complexity index is 260. The maximum absolute atomic E-state index is 12.7. The van der Waals surface area contributed by atoms with Crippen molar-refractivity contribution in [3.05, 3.63) is 0 Å². The molecule has 2 aliphatic rings. The summed E-state index contributed by atoms with van der Waals surface area (Å²) in [6.45, 7) is 2.75. The predicted molar refractivity (Wildman–Crippen MR) is 64.3 cm³/mol. The van der Waals surface area contributed by atoms with Gasteiger partial charge in [0, 0.05) is 30.9 Å². The van der Waals surface area contributed by atoms with Gasteiger partial charge >= 0.3 is 6.18 Å². The lowest BCUT2D eigenvalue weighted by Gasteiger charge is -2.38. The highest BCUT2D eigenvalue weighted by atomic mass is 32.2. The van der Waals surface area contributed by atoms with E-state index in [2.05, 4.69) is 5.32 Å². The van der Waals surface area contributed by atoms with E-state index in [0.29, 0.717) is 18.1 Å². The Balaban J connectivity index is 1.97. The van der Waals surface area contributed by atoms with Crippen molar-refractivity contribution in [2.24, 2.45) is 5.92 Å². The molecular weight excluding hydrogens is 249 g/mol. The second-order valence-electron chi connectivity index (χ2n) is 4.88. The second-order valence-corrected chi connectivity index (χ2v) is 5.95. The number of nitrogens with zero attached hydrogens (tertiary/aromatic N) is 1. The summed E-state index contributed by atoms with van der Waals surface area (Å²) in [6.07, 6.45) is -1.03. The fourth-order valence-corrected chi connectivity index (χ4v) is 3.69. The van der Waals surface area contributed by atoms with Crippen LogP contribution in [0, 0.1) is 5.92 Å². The van der Waals surface area contributed by atoms with E-state index in [0.717, 1.165) is 19.6 Å². The third-order valence-electron chi connectivity index (χ3n) is 3.82. The maximum Gasteiger partial charge on any atom is 0.393 e. The molecule has 0 saturated carbocycles. The Kier molecular flexibility index (Phi) is 4.26. The molecule has 2 nitrogen and oxygen atoms in total. The van der Waals surface area contributed by atoms with Gasteiger partial charge in [-0.3, -0.25) is 4.90 Å². The third kappa shape index (κ3) is 3.09. The highest BCUT2D eigenvalue weighted by Gasteiger charge is 2.44. The molecule has 2 saturated heterocycles. The van der Waals surface area contributed by atoms with Crippen molar-refractivity contribution >= 4 is 11.8 Å². The van der Waals surface area contributed by atoms with E-state index in [1.54, 1.807) is 11.8 Å². The van der Waals surface area contributed by atoms with E-state index in [4.69, 9.17) is 0 Å². The Labute approximate surface area is 104 Å². The first-order valence-corrected chi connectivity index (χ1v) is 7.35. The molecule has 0 aliphatic carbocycles. The van der Waals surface area contributed by atoms with Crippen LogP contribution in [-0.4, -0.2) is 54.8 Å². The first kappa shape index (κ1) is 13.5. The Morgan fingerprint density at radius 2 is 2.06 bits per heavy atom. The Morgan fingerprint density at radius 1 is 1.29 bits per heavy atom. The van der Waals surface area contributed by atoms with E-state index < -0.39 is 12.1 Å². The van der Waals surface area contributed by atoms with E-state index in [1.165, 1.54) is 0 Å². The van der Waals surface area contributed by atoms with Gasteiger partial charge in [-0.1, -0.05) is 0 Å². The van der Waals surface area contributed by atoms with Crippen LogP contribution in [0.2, 0.25) is 0 Å². The zero-order valence-electron chi connectivity index (χ0n) is 9.96. The summed E-state index contributed by atoms with van der Waals surface area (Å²) in [5.41, 5.74) is 0. The molecule has 2 rings (SSSR count). The summed E-state index contributed by atoms with van der Waals surface area (Å²) in [6, 6.07) is 0.273. The molecule has 0 amide bonds. The lowest BCUT2D eigenvalue weighted by Crippen LogP contribution is -2.50. The molecule has 17 heavy (non-hydrogen) atoms.